The van der Waals surface area contributed by atoms with Crippen molar-refractivity contribution in [2.75, 3.05) is 32.8 Å². The quantitative estimate of drug-likeness (QED) is 0.559. The lowest BCUT2D eigenvalue weighted by Gasteiger charge is -2.37. The molecule has 0 aliphatic carbocycles. The van der Waals surface area contributed by atoms with Gasteiger partial charge in [0.15, 0.2) is 0 Å². The van der Waals surface area contributed by atoms with Crippen molar-refractivity contribution in [2.45, 2.75) is 59.9 Å². The minimum absolute atomic E-state index is 0.257. The molecule has 0 aromatic heterocycles. The normalized spacial score (nSPS) is 12.7. The summed E-state index contributed by atoms with van der Waals surface area (Å²) in [5, 5.41) is 12.7. The monoisotopic (exact) mass is 258 g/mol. The van der Waals surface area contributed by atoms with E-state index in [1.165, 1.54) is 6.42 Å². The highest BCUT2D eigenvalue weighted by molar-refractivity contribution is 4.80. The van der Waals surface area contributed by atoms with Crippen molar-refractivity contribution in [1.29, 1.82) is 0 Å². The van der Waals surface area contributed by atoms with Crippen molar-refractivity contribution in [3.63, 3.8) is 0 Å². The summed E-state index contributed by atoms with van der Waals surface area (Å²) in [6, 6.07) is 0.600. The molecule has 0 radical (unpaired) electrons. The number of nitrogens with zero attached hydrogens (tertiary/aromatic N) is 1. The molecule has 110 valence electrons. The van der Waals surface area contributed by atoms with Gasteiger partial charge in [-0.15, -0.1) is 0 Å². The highest BCUT2D eigenvalue weighted by Gasteiger charge is 2.24. The zero-order chi connectivity index (χ0) is 14.0. The summed E-state index contributed by atoms with van der Waals surface area (Å²) in [6.07, 6.45) is 3.51. The zero-order valence-electron chi connectivity index (χ0n) is 13.1. The van der Waals surface area contributed by atoms with E-state index in [2.05, 4.69) is 44.8 Å². The Hall–Kier alpha value is -0.120. The first kappa shape index (κ1) is 17.9. The molecule has 0 amide bonds. The Kier molecular flexibility index (Phi) is 9.70. The number of nitrogens with one attached hydrogen (secondary N) is 1. The lowest BCUT2D eigenvalue weighted by molar-refractivity contribution is 0.0970. The van der Waals surface area contributed by atoms with Gasteiger partial charge in [0.05, 0.1) is 6.61 Å². The molecular weight excluding hydrogens is 224 g/mol. The molecule has 0 heterocycles. The number of hydrogen-bond acceptors (Lipinski definition) is 3. The lowest BCUT2D eigenvalue weighted by atomic mass is 9.91. The fourth-order valence-electron chi connectivity index (χ4n) is 2.53. The molecule has 0 bridgehead atoms. The third-order valence-corrected chi connectivity index (χ3v) is 3.51. The van der Waals surface area contributed by atoms with E-state index in [-0.39, 0.29) is 12.0 Å². The van der Waals surface area contributed by atoms with Crippen LogP contribution in [0.2, 0.25) is 0 Å². The first-order valence-electron chi connectivity index (χ1n) is 7.56. The van der Waals surface area contributed by atoms with Crippen molar-refractivity contribution >= 4 is 0 Å². The van der Waals surface area contributed by atoms with Crippen LogP contribution in [0.25, 0.3) is 0 Å². The van der Waals surface area contributed by atoms with Crippen LogP contribution in [0.15, 0.2) is 0 Å². The molecule has 0 aromatic rings. The SMILES string of the molecule is CCCNCC(C)(C)CN(CCO)C(CC)CC. The highest BCUT2D eigenvalue weighted by atomic mass is 16.3. The van der Waals surface area contributed by atoms with Gasteiger partial charge >= 0.3 is 0 Å². The van der Waals surface area contributed by atoms with Crippen LogP contribution in [0.5, 0.6) is 0 Å². The molecule has 0 spiro atoms. The van der Waals surface area contributed by atoms with Crippen molar-refractivity contribution in [1.82, 2.24) is 10.2 Å². The Balaban J connectivity index is 4.35. The number of aliphatic hydroxyl groups is 1. The Morgan fingerprint density at radius 1 is 1.17 bits per heavy atom. The third kappa shape index (κ3) is 7.34. The van der Waals surface area contributed by atoms with Crippen LogP contribution >= 0.6 is 0 Å². The Morgan fingerprint density at radius 3 is 2.22 bits per heavy atom. The molecule has 0 atom stereocenters. The average molecular weight is 258 g/mol. The summed E-state index contributed by atoms with van der Waals surface area (Å²) in [6.45, 7) is 15.5. The van der Waals surface area contributed by atoms with Crippen molar-refractivity contribution < 1.29 is 5.11 Å². The van der Waals surface area contributed by atoms with E-state index in [1.54, 1.807) is 0 Å². The van der Waals surface area contributed by atoms with E-state index in [4.69, 9.17) is 0 Å². The van der Waals surface area contributed by atoms with E-state index >= 15 is 0 Å². The second-order valence-corrected chi connectivity index (χ2v) is 6.01. The van der Waals surface area contributed by atoms with E-state index in [0.717, 1.165) is 39.0 Å². The molecule has 0 fully saturated rings. The summed E-state index contributed by atoms with van der Waals surface area (Å²) in [4.78, 5) is 2.45. The average Bonchev–Trinajstić information content (AvgIpc) is 2.30. The summed E-state index contributed by atoms with van der Waals surface area (Å²) in [7, 11) is 0. The molecule has 18 heavy (non-hydrogen) atoms. The lowest BCUT2D eigenvalue weighted by Crippen LogP contribution is -2.46. The van der Waals surface area contributed by atoms with Gasteiger partial charge in [-0.25, -0.2) is 0 Å². The van der Waals surface area contributed by atoms with Crippen LogP contribution in [0.4, 0.5) is 0 Å². The van der Waals surface area contributed by atoms with Crippen LogP contribution in [-0.2, 0) is 0 Å². The molecule has 0 saturated carbocycles. The van der Waals surface area contributed by atoms with Crippen LogP contribution in [0.3, 0.4) is 0 Å². The third-order valence-electron chi connectivity index (χ3n) is 3.51. The topological polar surface area (TPSA) is 35.5 Å². The molecule has 0 aromatic carbocycles. The van der Waals surface area contributed by atoms with Crippen LogP contribution < -0.4 is 5.32 Å². The molecular formula is C15H34N2O. The minimum Gasteiger partial charge on any atom is -0.395 e. The van der Waals surface area contributed by atoms with Gasteiger partial charge in [-0.2, -0.15) is 0 Å². The minimum atomic E-state index is 0.257. The number of rotatable bonds is 11. The van der Waals surface area contributed by atoms with Gasteiger partial charge in [-0.3, -0.25) is 4.90 Å². The first-order valence-corrected chi connectivity index (χ1v) is 7.56. The maximum absolute atomic E-state index is 9.23. The molecule has 0 saturated heterocycles. The summed E-state index contributed by atoms with van der Waals surface area (Å²) < 4.78 is 0. The van der Waals surface area contributed by atoms with Crippen molar-refractivity contribution in [2.24, 2.45) is 5.41 Å². The van der Waals surface area contributed by atoms with Crippen LogP contribution in [-0.4, -0.2) is 48.8 Å². The van der Waals surface area contributed by atoms with Gasteiger partial charge in [-0.05, 0) is 31.2 Å². The molecule has 0 aliphatic rings. The molecule has 0 rings (SSSR count). The molecule has 2 N–H and O–H groups in total. The Morgan fingerprint density at radius 2 is 1.78 bits per heavy atom. The van der Waals surface area contributed by atoms with Gasteiger partial charge in [0, 0.05) is 25.7 Å². The molecule has 0 aliphatic heterocycles. The maximum Gasteiger partial charge on any atom is 0.0558 e. The number of aliphatic hydroxyl groups excluding tert-OH is 1. The molecule has 0 unspecified atom stereocenters. The summed E-state index contributed by atoms with van der Waals surface area (Å²) >= 11 is 0. The summed E-state index contributed by atoms with van der Waals surface area (Å²) in [5.74, 6) is 0. The van der Waals surface area contributed by atoms with Gasteiger partial charge in [-0.1, -0.05) is 34.6 Å². The fraction of sp³-hybridized carbons (Fsp3) is 1.00. The van der Waals surface area contributed by atoms with Gasteiger partial charge in [0.2, 0.25) is 0 Å². The van der Waals surface area contributed by atoms with Crippen LogP contribution in [0, 0.1) is 5.41 Å². The standard InChI is InChI=1S/C15H34N2O/c1-6-9-16-12-15(4,5)13-17(10-11-18)14(7-2)8-3/h14,16,18H,6-13H2,1-5H3. The van der Waals surface area contributed by atoms with Gasteiger partial charge < -0.3 is 10.4 Å². The van der Waals surface area contributed by atoms with E-state index in [9.17, 15) is 5.11 Å². The van der Waals surface area contributed by atoms with Crippen LogP contribution in [0.1, 0.15) is 53.9 Å². The van der Waals surface area contributed by atoms with E-state index in [0.29, 0.717) is 6.04 Å². The Bertz CT molecular complexity index is 191. The smallest absolute Gasteiger partial charge is 0.0558 e. The zero-order valence-corrected chi connectivity index (χ0v) is 13.1. The van der Waals surface area contributed by atoms with Gasteiger partial charge in [0.1, 0.15) is 0 Å². The van der Waals surface area contributed by atoms with Crippen molar-refractivity contribution in [3.8, 4) is 0 Å². The Labute approximate surface area is 114 Å². The largest absolute Gasteiger partial charge is 0.395 e. The molecule has 3 heteroatoms. The predicted molar refractivity (Wildman–Crippen MR) is 80.0 cm³/mol. The van der Waals surface area contributed by atoms with Crippen molar-refractivity contribution in [3.05, 3.63) is 0 Å². The maximum atomic E-state index is 9.23. The van der Waals surface area contributed by atoms with E-state index < -0.39 is 0 Å². The highest BCUT2D eigenvalue weighted by Crippen LogP contribution is 2.19. The summed E-state index contributed by atoms with van der Waals surface area (Å²) in [5.41, 5.74) is 0.257. The second-order valence-electron chi connectivity index (χ2n) is 6.01. The first-order chi connectivity index (χ1) is 8.50. The van der Waals surface area contributed by atoms with E-state index in [1.807, 2.05) is 0 Å². The fourth-order valence-corrected chi connectivity index (χ4v) is 2.53. The second kappa shape index (κ2) is 9.76. The predicted octanol–water partition coefficient (Wildman–Crippen LogP) is 2.50. The number of hydrogen-bond donors (Lipinski definition) is 2. The van der Waals surface area contributed by atoms with Gasteiger partial charge in [0.25, 0.3) is 0 Å². The molecule has 3 nitrogen and oxygen atoms in total.